The van der Waals surface area contributed by atoms with E-state index in [1.165, 1.54) is 10.7 Å². The van der Waals surface area contributed by atoms with Gasteiger partial charge in [-0.15, -0.1) is 0 Å². The van der Waals surface area contributed by atoms with Gasteiger partial charge in [-0.1, -0.05) is 19.9 Å². The van der Waals surface area contributed by atoms with Gasteiger partial charge in [0.1, 0.15) is 5.52 Å². The number of fused-ring (bicyclic) bond motifs is 1. The van der Waals surface area contributed by atoms with Crippen LogP contribution < -0.4 is 0 Å². The Kier molecular flexibility index (Phi) is 2.64. The summed E-state index contributed by atoms with van der Waals surface area (Å²) in [7, 11) is 1.63. The lowest BCUT2D eigenvalue weighted by Gasteiger charge is -2.11. The predicted octanol–water partition coefficient (Wildman–Crippen LogP) is 3.72. The second-order valence-electron chi connectivity index (χ2n) is 4.42. The molecule has 92 valence electrons. The van der Waals surface area contributed by atoms with Crippen LogP contribution in [0.4, 0.5) is 13.2 Å². The lowest BCUT2D eigenvalue weighted by molar-refractivity contribution is -0.136. The molecular formula is C12H13F3N2. The highest BCUT2D eigenvalue weighted by molar-refractivity contribution is 5.85. The number of benzene rings is 1. The van der Waals surface area contributed by atoms with Crippen molar-refractivity contribution in [3.8, 4) is 0 Å². The van der Waals surface area contributed by atoms with Crippen LogP contribution in [0, 0.1) is 0 Å². The van der Waals surface area contributed by atoms with Gasteiger partial charge in [-0.3, -0.25) is 4.68 Å². The van der Waals surface area contributed by atoms with E-state index in [4.69, 9.17) is 0 Å². The molecule has 2 nitrogen and oxygen atoms in total. The van der Waals surface area contributed by atoms with E-state index in [9.17, 15) is 13.2 Å². The molecule has 1 aromatic heterocycles. The Hall–Kier alpha value is -1.52. The fourth-order valence-electron chi connectivity index (χ4n) is 1.97. The topological polar surface area (TPSA) is 17.8 Å². The molecule has 0 spiro atoms. The molecule has 0 atom stereocenters. The van der Waals surface area contributed by atoms with Crippen molar-refractivity contribution in [2.45, 2.75) is 25.9 Å². The van der Waals surface area contributed by atoms with Gasteiger partial charge >= 0.3 is 6.18 Å². The molecule has 0 radical (unpaired) electrons. The number of rotatable bonds is 1. The van der Waals surface area contributed by atoms with Gasteiger partial charge in [-0.25, -0.2) is 0 Å². The molecule has 1 heterocycles. The van der Waals surface area contributed by atoms with E-state index in [0.29, 0.717) is 5.39 Å². The first-order valence-electron chi connectivity index (χ1n) is 5.34. The Balaban J connectivity index is 2.79. The van der Waals surface area contributed by atoms with Crippen LogP contribution in [0.2, 0.25) is 0 Å². The summed E-state index contributed by atoms with van der Waals surface area (Å²) in [5.41, 5.74) is 0.254. The molecule has 0 bridgehead atoms. The normalized spacial score (nSPS) is 12.6. The average Bonchev–Trinajstić information content (AvgIpc) is 2.54. The standard InChI is InChI=1S/C12H13F3N2/c1-7(2)8-4-5-10(12(13,14)15)11-9(8)6-17(3)16-11/h4-7H,1-3H3. The van der Waals surface area contributed by atoms with Gasteiger partial charge < -0.3 is 0 Å². The zero-order chi connectivity index (χ0) is 12.8. The molecular weight excluding hydrogens is 229 g/mol. The van der Waals surface area contributed by atoms with Crippen LogP contribution in [0.3, 0.4) is 0 Å². The Morgan fingerprint density at radius 3 is 2.41 bits per heavy atom. The Labute approximate surface area is 97.0 Å². The zero-order valence-electron chi connectivity index (χ0n) is 9.84. The minimum atomic E-state index is -4.36. The lowest BCUT2D eigenvalue weighted by Crippen LogP contribution is -2.06. The van der Waals surface area contributed by atoms with Gasteiger partial charge in [0, 0.05) is 18.6 Å². The Morgan fingerprint density at radius 1 is 1.24 bits per heavy atom. The van der Waals surface area contributed by atoms with Gasteiger partial charge in [0.05, 0.1) is 5.56 Å². The van der Waals surface area contributed by atoms with Crippen molar-refractivity contribution in [1.82, 2.24) is 9.78 Å². The molecule has 0 aliphatic heterocycles. The number of halogens is 3. The second-order valence-corrected chi connectivity index (χ2v) is 4.42. The minimum absolute atomic E-state index is 0.0335. The first-order valence-corrected chi connectivity index (χ1v) is 5.34. The van der Waals surface area contributed by atoms with Crippen LogP contribution >= 0.6 is 0 Å². The van der Waals surface area contributed by atoms with Crippen molar-refractivity contribution in [1.29, 1.82) is 0 Å². The molecule has 0 saturated heterocycles. The van der Waals surface area contributed by atoms with Crippen LogP contribution in [0.15, 0.2) is 18.3 Å². The fraction of sp³-hybridized carbons (Fsp3) is 0.417. The maximum absolute atomic E-state index is 12.8. The van der Waals surface area contributed by atoms with Crippen molar-refractivity contribution in [3.63, 3.8) is 0 Å². The number of nitrogens with zero attached hydrogens (tertiary/aromatic N) is 2. The van der Waals surface area contributed by atoms with E-state index >= 15 is 0 Å². The lowest BCUT2D eigenvalue weighted by atomic mass is 9.97. The summed E-state index contributed by atoms with van der Waals surface area (Å²) in [6.07, 6.45) is -2.72. The molecule has 0 amide bonds. The van der Waals surface area contributed by atoms with E-state index in [0.717, 1.165) is 11.6 Å². The number of aryl methyl sites for hydroxylation is 1. The van der Waals surface area contributed by atoms with Gasteiger partial charge in [-0.2, -0.15) is 18.3 Å². The Bertz CT molecular complexity index is 553. The van der Waals surface area contributed by atoms with Gasteiger partial charge in [0.2, 0.25) is 0 Å². The van der Waals surface area contributed by atoms with E-state index in [-0.39, 0.29) is 11.4 Å². The highest BCUT2D eigenvalue weighted by Crippen LogP contribution is 2.36. The van der Waals surface area contributed by atoms with Crippen LogP contribution in [0.5, 0.6) is 0 Å². The SMILES string of the molecule is CC(C)c1ccc(C(F)(F)F)c2nn(C)cc12. The van der Waals surface area contributed by atoms with E-state index in [1.807, 2.05) is 13.8 Å². The second kappa shape index (κ2) is 3.75. The molecule has 0 aliphatic carbocycles. The fourth-order valence-corrected chi connectivity index (χ4v) is 1.97. The summed E-state index contributed by atoms with van der Waals surface area (Å²) in [5, 5.41) is 4.50. The van der Waals surface area contributed by atoms with Crippen LogP contribution in [-0.4, -0.2) is 9.78 Å². The third kappa shape index (κ3) is 2.01. The molecule has 2 aromatic rings. The summed E-state index contributed by atoms with van der Waals surface area (Å²) in [5.74, 6) is 0.170. The summed E-state index contributed by atoms with van der Waals surface area (Å²) < 4.78 is 39.9. The molecule has 2 rings (SSSR count). The summed E-state index contributed by atoms with van der Waals surface area (Å²) in [4.78, 5) is 0. The van der Waals surface area contributed by atoms with Crippen molar-refractivity contribution in [2.75, 3.05) is 0 Å². The smallest absolute Gasteiger partial charge is 0.275 e. The first kappa shape index (κ1) is 12.0. The third-order valence-corrected chi connectivity index (χ3v) is 2.75. The zero-order valence-corrected chi connectivity index (χ0v) is 9.84. The molecule has 0 saturated carbocycles. The number of aromatic nitrogens is 2. The molecule has 0 unspecified atom stereocenters. The summed E-state index contributed by atoms with van der Waals surface area (Å²) >= 11 is 0. The highest BCUT2D eigenvalue weighted by Gasteiger charge is 2.34. The van der Waals surface area contributed by atoms with E-state index in [2.05, 4.69) is 5.10 Å². The number of hydrogen-bond donors (Lipinski definition) is 0. The van der Waals surface area contributed by atoms with E-state index in [1.54, 1.807) is 13.2 Å². The highest BCUT2D eigenvalue weighted by atomic mass is 19.4. The number of hydrogen-bond acceptors (Lipinski definition) is 1. The summed E-state index contributed by atoms with van der Waals surface area (Å²) in [6.45, 7) is 3.91. The Morgan fingerprint density at radius 2 is 1.88 bits per heavy atom. The maximum Gasteiger partial charge on any atom is 0.418 e. The van der Waals surface area contributed by atoms with Crippen molar-refractivity contribution >= 4 is 10.9 Å². The third-order valence-electron chi connectivity index (χ3n) is 2.75. The minimum Gasteiger partial charge on any atom is -0.275 e. The number of alkyl halides is 3. The molecule has 0 N–H and O–H groups in total. The molecule has 0 fully saturated rings. The van der Waals surface area contributed by atoms with Crippen LogP contribution in [0.25, 0.3) is 10.9 Å². The van der Waals surface area contributed by atoms with Crippen molar-refractivity contribution in [3.05, 3.63) is 29.5 Å². The van der Waals surface area contributed by atoms with Crippen LogP contribution in [-0.2, 0) is 13.2 Å². The first-order chi connectivity index (χ1) is 7.80. The maximum atomic E-state index is 12.8. The quantitative estimate of drug-likeness (QED) is 0.745. The largest absolute Gasteiger partial charge is 0.418 e. The van der Waals surface area contributed by atoms with Gasteiger partial charge in [0.15, 0.2) is 0 Å². The average molecular weight is 242 g/mol. The van der Waals surface area contributed by atoms with Gasteiger partial charge in [0.25, 0.3) is 0 Å². The van der Waals surface area contributed by atoms with E-state index < -0.39 is 11.7 Å². The van der Waals surface area contributed by atoms with Crippen molar-refractivity contribution in [2.24, 2.45) is 7.05 Å². The molecule has 1 aromatic carbocycles. The monoisotopic (exact) mass is 242 g/mol. The molecule has 17 heavy (non-hydrogen) atoms. The summed E-state index contributed by atoms with van der Waals surface area (Å²) in [6, 6.07) is 2.65. The van der Waals surface area contributed by atoms with Crippen molar-refractivity contribution < 1.29 is 13.2 Å². The van der Waals surface area contributed by atoms with Gasteiger partial charge in [-0.05, 0) is 17.5 Å². The molecule has 0 aliphatic rings. The molecule has 5 heteroatoms. The van der Waals surface area contributed by atoms with Crippen LogP contribution in [0.1, 0.15) is 30.9 Å². The predicted molar refractivity (Wildman–Crippen MR) is 59.8 cm³/mol.